The molecule has 8 aromatic rings. The Morgan fingerprint density at radius 3 is 2.27 bits per heavy atom. The van der Waals surface area contributed by atoms with E-state index in [2.05, 4.69) is 80.3 Å². The van der Waals surface area contributed by atoms with Crippen LogP contribution >= 0.6 is 0 Å². The Labute approximate surface area is 278 Å². The van der Waals surface area contributed by atoms with Gasteiger partial charge in [-0.1, -0.05) is 12.1 Å². The van der Waals surface area contributed by atoms with Crippen LogP contribution in [0.25, 0.3) is 61.4 Å². The van der Waals surface area contributed by atoms with Gasteiger partial charge in [-0.25, -0.2) is 0 Å². The van der Waals surface area contributed by atoms with Crippen molar-refractivity contribution in [3.63, 3.8) is 0 Å². The van der Waals surface area contributed by atoms with Gasteiger partial charge in [0.1, 0.15) is 0 Å². The summed E-state index contributed by atoms with van der Waals surface area (Å²) >= 11 is -1.97. The summed E-state index contributed by atoms with van der Waals surface area (Å²) in [4.78, 5) is 13.8. The predicted octanol–water partition coefficient (Wildman–Crippen LogP) is 8.88. The van der Waals surface area contributed by atoms with E-state index in [9.17, 15) is 0 Å². The van der Waals surface area contributed by atoms with E-state index in [0.29, 0.717) is 0 Å². The minimum Gasteiger partial charge on any atom is -0.305 e. The van der Waals surface area contributed by atoms with Crippen molar-refractivity contribution < 1.29 is 24.5 Å². The standard InChI is InChI=1S/C27H22GeN3O.C11H8N.Ir/c1-28(2,3)18-14-15-20-21-11-7-12-22(25(21)32-24(20)17-18)26-30-23-13-8-16-29-27(23)31(26)19-9-5-4-6-10-19;1-2-6-10(7-3-1)11-8-4-5-9-12-11;/h4-11,13-17H,1-3H3;1-6,8-9H;/q2*-1;. The van der Waals surface area contributed by atoms with Gasteiger partial charge in [0.15, 0.2) is 0 Å². The number of nitrogens with zero attached hydrogens (tertiary/aromatic N) is 4. The number of rotatable bonds is 4. The van der Waals surface area contributed by atoms with Gasteiger partial charge in [0.05, 0.1) is 0 Å². The van der Waals surface area contributed by atoms with E-state index in [-0.39, 0.29) is 20.1 Å². The van der Waals surface area contributed by atoms with Crippen molar-refractivity contribution in [3.05, 3.63) is 140 Å². The average Bonchev–Trinajstić information content (AvgIpc) is 3.64. The SMILES string of the molecule is [CH3][Ge]([CH3])([CH3])[c]1ccc2c(c1)oc1c(-c3nc4cccnc4n3-c3ccccc3)[c-]ccc12.[Ir].[c-]1ccccc1-c1ccccn1. The fraction of sp³-hybridized carbons (Fsp3) is 0.0789. The van der Waals surface area contributed by atoms with Gasteiger partial charge in [-0.3, -0.25) is 0 Å². The molecule has 0 spiro atoms. The third-order valence-corrected chi connectivity index (χ3v) is 11.9. The van der Waals surface area contributed by atoms with Crippen LogP contribution in [0.1, 0.15) is 0 Å². The van der Waals surface area contributed by atoms with Gasteiger partial charge in [0.25, 0.3) is 0 Å². The second-order valence-corrected chi connectivity index (χ2v) is 22.3. The van der Waals surface area contributed by atoms with Crippen LogP contribution < -0.4 is 4.40 Å². The zero-order valence-electron chi connectivity index (χ0n) is 25.2. The summed E-state index contributed by atoms with van der Waals surface area (Å²) in [6.45, 7) is 0. The van der Waals surface area contributed by atoms with E-state index in [0.717, 1.165) is 61.4 Å². The van der Waals surface area contributed by atoms with Crippen LogP contribution in [0.4, 0.5) is 0 Å². The Bertz CT molecular complexity index is 2170. The Kier molecular flexibility index (Phi) is 8.81. The molecule has 0 N–H and O–H groups in total. The number of fused-ring (bicyclic) bond motifs is 4. The molecule has 7 heteroatoms. The minimum atomic E-state index is -1.97. The van der Waals surface area contributed by atoms with E-state index in [1.54, 1.807) is 12.4 Å². The molecular weight excluding hydrogens is 793 g/mol. The van der Waals surface area contributed by atoms with Crippen LogP contribution in [0, 0.1) is 12.1 Å². The van der Waals surface area contributed by atoms with Crippen molar-refractivity contribution >= 4 is 50.8 Å². The zero-order valence-corrected chi connectivity index (χ0v) is 29.6. The van der Waals surface area contributed by atoms with Gasteiger partial charge in [-0.2, -0.15) is 0 Å². The Hall–Kier alpha value is -4.36. The van der Waals surface area contributed by atoms with Gasteiger partial charge >= 0.3 is 189 Å². The Morgan fingerprint density at radius 1 is 0.711 bits per heavy atom. The monoisotopic (exact) mass is 825 g/mol. The van der Waals surface area contributed by atoms with Crippen molar-refractivity contribution in [1.82, 2.24) is 19.5 Å². The molecule has 4 aromatic heterocycles. The summed E-state index contributed by atoms with van der Waals surface area (Å²) < 4.78 is 10.0. The van der Waals surface area contributed by atoms with E-state index in [1.807, 2.05) is 78.9 Å². The van der Waals surface area contributed by atoms with Crippen LogP contribution in [-0.2, 0) is 20.1 Å². The molecular formula is C38H30GeIrN4O-2. The van der Waals surface area contributed by atoms with Crippen LogP contribution in [0.2, 0.25) is 17.3 Å². The molecule has 0 aliphatic rings. The van der Waals surface area contributed by atoms with Crippen LogP contribution in [0.3, 0.4) is 0 Å². The molecule has 0 unspecified atom stereocenters. The first-order valence-corrected chi connectivity index (χ1v) is 22.0. The van der Waals surface area contributed by atoms with Crippen LogP contribution in [-0.4, -0.2) is 32.8 Å². The molecule has 0 amide bonds. The minimum absolute atomic E-state index is 0. The van der Waals surface area contributed by atoms with Crippen LogP contribution in [0.15, 0.2) is 132 Å². The molecule has 4 aromatic carbocycles. The van der Waals surface area contributed by atoms with Crippen LogP contribution in [0.5, 0.6) is 0 Å². The first kappa shape index (κ1) is 30.7. The predicted molar refractivity (Wildman–Crippen MR) is 182 cm³/mol. The molecule has 5 nitrogen and oxygen atoms in total. The maximum Gasteiger partial charge on any atom is 0.0160 e. The topological polar surface area (TPSA) is 56.7 Å². The molecule has 8 rings (SSSR count). The number of benzene rings is 4. The number of hydrogen-bond donors (Lipinski definition) is 0. The zero-order chi connectivity index (χ0) is 30.1. The van der Waals surface area contributed by atoms with E-state index in [1.165, 1.54) is 4.40 Å². The summed E-state index contributed by atoms with van der Waals surface area (Å²) in [5.41, 5.74) is 7.27. The maximum atomic E-state index is 6.49. The van der Waals surface area contributed by atoms with Gasteiger partial charge < -0.3 is 4.98 Å². The molecule has 0 aliphatic carbocycles. The first-order valence-electron chi connectivity index (χ1n) is 14.6. The Morgan fingerprint density at radius 2 is 1.51 bits per heavy atom. The molecule has 0 fully saturated rings. The summed E-state index contributed by atoms with van der Waals surface area (Å²) in [5.74, 6) is 7.98. The number of imidazole rings is 1. The molecule has 0 aliphatic heterocycles. The van der Waals surface area contributed by atoms with Gasteiger partial charge in [-0.05, 0) is 11.8 Å². The summed E-state index contributed by atoms with van der Waals surface area (Å²) in [6.07, 6.45) is 3.59. The summed E-state index contributed by atoms with van der Waals surface area (Å²) in [7, 11) is 0. The van der Waals surface area contributed by atoms with Gasteiger partial charge in [0, 0.05) is 26.3 Å². The van der Waals surface area contributed by atoms with E-state index >= 15 is 0 Å². The average molecular weight is 824 g/mol. The largest absolute Gasteiger partial charge is 0.305 e. The van der Waals surface area contributed by atoms with E-state index in [4.69, 9.17) is 9.40 Å². The first-order chi connectivity index (χ1) is 21.5. The summed E-state index contributed by atoms with van der Waals surface area (Å²) in [5, 5.41) is 2.22. The smallest absolute Gasteiger partial charge is 0.0160 e. The number of para-hydroxylation sites is 1. The van der Waals surface area contributed by atoms with E-state index < -0.39 is 13.3 Å². The number of hydrogen-bond acceptors (Lipinski definition) is 4. The molecule has 0 bridgehead atoms. The van der Waals surface area contributed by atoms with Crippen molar-refractivity contribution in [2.75, 3.05) is 0 Å². The molecule has 0 atom stereocenters. The molecule has 1 radical (unpaired) electrons. The second-order valence-electron chi connectivity index (χ2n) is 11.6. The van der Waals surface area contributed by atoms with Crippen molar-refractivity contribution in [2.45, 2.75) is 17.3 Å². The fourth-order valence-corrected chi connectivity index (χ4v) is 7.76. The maximum absolute atomic E-state index is 6.49. The fourth-order valence-electron chi connectivity index (χ4n) is 5.35. The molecule has 0 saturated carbocycles. The molecule has 45 heavy (non-hydrogen) atoms. The normalized spacial score (nSPS) is 11.3. The second kappa shape index (κ2) is 12.9. The van der Waals surface area contributed by atoms with Crippen molar-refractivity contribution in [3.8, 4) is 28.3 Å². The van der Waals surface area contributed by atoms with Gasteiger partial charge in [-0.15, -0.1) is 35.9 Å². The number of pyridine rings is 2. The Balaban J connectivity index is 0.000000231. The quantitative estimate of drug-likeness (QED) is 0.132. The van der Waals surface area contributed by atoms with Crippen molar-refractivity contribution in [1.29, 1.82) is 0 Å². The third kappa shape index (κ3) is 6.14. The summed E-state index contributed by atoms with van der Waals surface area (Å²) in [6, 6.07) is 45.1. The number of furan rings is 1. The molecule has 0 saturated heterocycles. The molecule has 4 heterocycles. The van der Waals surface area contributed by atoms with Gasteiger partial charge in [0.2, 0.25) is 0 Å². The van der Waals surface area contributed by atoms with Crippen molar-refractivity contribution in [2.24, 2.45) is 0 Å². The number of aromatic nitrogens is 4. The third-order valence-electron chi connectivity index (χ3n) is 7.60. The molecule has 223 valence electrons.